The van der Waals surface area contributed by atoms with Gasteiger partial charge in [-0.3, -0.25) is 4.99 Å². The van der Waals surface area contributed by atoms with Gasteiger partial charge in [0.1, 0.15) is 5.82 Å². The molecule has 3 unspecified atom stereocenters. The second-order valence-electron chi connectivity index (χ2n) is 8.89. The molecule has 2 N–H and O–H groups in total. The third-order valence-corrected chi connectivity index (χ3v) is 6.80. The van der Waals surface area contributed by atoms with Crippen molar-refractivity contribution in [3.05, 3.63) is 11.6 Å². The first-order valence-electron chi connectivity index (χ1n) is 11.2. The summed E-state index contributed by atoms with van der Waals surface area (Å²) in [4.78, 5) is 9.43. The highest BCUT2D eigenvalue weighted by Gasteiger charge is 2.59. The third-order valence-electron chi connectivity index (χ3n) is 6.80. The number of hydrogen-bond acceptors (Lipinski definition) is 4. The average molecular weight is 516 g/mol. The second kappa shape index (κ2) is 9.49. The van der Waals surface area contributed by atoms with Gasteiger partial charge >= 0.3 is 0 Å². The van der Waals surface area contributed by atoms with Gasteiger partial charge in [-0.25, -0.2) is 9.67 Å². The summed E-state index contributed by atoms with van der Waals surface area (Å²) in [7, 11) is 0. The van der Waals surface area contributed by atoms with Crippen LogP contribution in [0.5, 0.6) is 0 Å². The summed E-state index contributed by atoms with van der Waals surface area (Å²) < 4.78 is 8.08. The highest BCUT2D eigenvalue weighted by Crippen LogP contribution is 2.57. The zero-order valence-electron chi connectivity index (χ0n) is 18.3. The molecule has 29 heavy (non-hydrogen) atoms. The number of fused-ring (bicyclic) bond motifs is 1. The number of rotatable bonds is 6. The van der Waals surface area contributed by atoms with Gasteiger partial charge in [0, 0.05) is 43.0 Å². The highest BCUT2D eigenvalue weighted by atomic mass is 127. The number of nitrogens with zero attached hydrogens (tertiary/aromatic N) is 4. The van der Waals surface area contributed by atoms with Gasteiger partial charge in [-0.2, -0.15) is 5.10 Å². The summed E-state index contributed by atoms with van der Waals surface area (Å²) in [5.74, 6) is 3.40. The van der Waals surface area contributed by atoms with Crippen LogP contribution in [0, 0.1) is 5.41 Å². The van der Waals surface area contributed by atoms with E-state index in [-0.39, 0.29) is 24.0 Å². The lowest BCUT2D eigenvalue weighted by molar-refractivity contribution is -0.168. The number of nitrogens with one attached hydrogen (secondary N) is 2. The Morgan fingerprint density at radius 3 is 2.72 bits per heavy atom. The van der Waals surface area contributed by atoms with Gasteiger partial charge in [0.2, 0.25) is 0 Å². The third kappa shape index (κ3) is 4.43. The molecule has 2 saturated carbocycles. The van der Waals surface area contributed by atoms with Crippen LogP contribution >= 0.6 is 24.0 Å². The second-order valence-corrected chi connectivity index (χ2v) is 8.89. The Kier molecular flexibility index (Phi) is 7.46. The number of halogens is 1. The van der Waals surface area contributed by atoms with Crippen molar-refractivity contribution in [2.45, 2.75) is 96.9 Å². The summed E-state index contributed by atoms with van der Waals surface area (Å²) in [6.45, 7) is 10.9. The topological polar surface area (TPSA) is 76.4 Å². The van der Waals surface area contributed by atoms with Crippen LogP contribution in [-0.4, -0.2) is 52.1 Å². The molecule has 164 valence electrons. The minimum atomic E-state index is 0. The molecule has 0 saturated heterocycles. The summed E-state index contributed by atoms with van der Waals surface area (Å²) in [5.41, 5.74) is 0.337. The van der Waals surface area contributed by atoms with E-state index in [1.807, 2.05) is 0 Å². The van der Waals surface area contributed by atoms with E-state index in [4.69, 9.17) is 19.8 Å². The Bertz CT molecular complexity index is 714. The SMILES string of the molecule is CCN=C(NC1CCc2nc(C(C)C)nn2C1)NC1CC(OCC)C12CCC2.I. The van der Waals surface area contributed by atoms with E-state index in [1.165, 1.54) is 19.3 Å². The predicted molar refractivity (Wildman–Crippen MR) is 126 cm³/mol. The maximum atomic E-state index is 6.00. The largest absolute Gasteiger partial charge is 0.378 e. The maximum Gasteiger partial charge on any atom is 0.191 e. The number of aromatic nitrogens is 3. The molecular weight excluding hydrogens is 479 g/mol. The lowest BCUT2D eigenvalue weighted by Crippen LogP contribution is -2.69. The molecule has 3 aliphatic rings. The summed E-state index contributed by atoms with van der Waals surface area (Å²) in [5, 5.41) is 12.1. The molecule has 2 fully saturated rings. The number of guanidine groups is 1. The molecule has 2 heterocycles. The predicted octanol–water partition coefficient (Wildman–Crippen LogP) is 3.24. The van der Waals surface area contributed by atoms with E-state index < -0.39 is 0 Å². The smallest absolute Gasteiger partial charge is 0.191 e. The minimum Gasteiger partial charge on any atom is -0.378 e. The van der Waals surface area contributed by atoms with Crippen molar-refractivity contribution in [3.63, 3.8) is 0 Å². The van der Waals surface area contributed by atoms with E-state index in [2.05, 4.69) is 43.0 Å². The van der Waals surface area contributed by atoms with Gasteiger partial charge in [-0.15, -0.1) is 24.0 Å². The molecule has 7 nitrogen and oxygen atoms in total. The maximum absolute atomic E-state index is 6.00. The minimum absolute atomic E-state index is 0. The number of aliphatic imine (C=N–C) groups is 1. The first kappa shape index (κ1) is 22.8. The van der Waals surface area contributed by atoms with Gasteiger partial charge in [0.25, 0.3) is 0 Å². The highest BCUT2D eigenvalue weighted by molar-refractivity contribution is 14.0. The van der Waals surface area contributed by atoms with Gasteiger partial charge in [-0.1, -0.05) is 20.3 Å². The summed E-state index contributed by atoms with van der Waals surface area (Å²) >= 11 is 0. The van der Waals surface area contributed by atoms with Crippen LogP contribution in [0.2, 0.25) is 0 Å². The van der Waals surface area contributed by atoms with Crippen LogP contribution in [-0.2, 0) is 17.7 Å². The first-order chi connectivity index (χ1) is 13.6. The molecule has 0 amide bonds. The molecule has 1 aromatic rings. The van der Waals surface area contributed by atoms with E-state index in [0.29, 0.717) is 29.5 Å². The van der Waals surface area contributed by atoms with Crippen molar-refractivity contribution < 1.29 is 4.74 Å². The molecule has 8 heteroatoms. The van der Waals surface area contributed by atoms with Crippen LogP contribution in [0.25, 0.3) is 0 Å². The molecule has 1 aromatic heterocycles. The molecule has 1 aliphatic heterocycles. The van der Waals surface area contributed by atoms with E-state index in [1.54, 1.807) is 0 Å². The molecule has 1 spiro atoms. The fourth-order valence-electron chi connectivity index (χ4n) is 4.98. The quantitative estimate of drug-likeness (QED) is 0.345. The van der Waals surface area contributed by atoms with Crippen LogP contribution in [0.4, 0.5) is 0 Å². The zero-order chi connectivity index (χ0) is 19.7. The lowest BCUT2D eigenvalue weighted by atomic mass is 9.51. The van der Waals surface area contributed by atoms with E-state index in [9.17, 15) is 0 Å². The monoisotopic (exact) mass is 516 g/mol. The van der Waals surface area contributed by atoms with Crippen molar-refractivity contribution in [1.29, 1.82) is 0 Å². The number of ether oxygens (including phenoxy) is 1. The van der Waals surface area contributed by atoms with Crippen LogP contribution in [0.3, 0.4) is 0 Å². The zero-order valence-corrected chi connectivity index (χ0v) is 20.6. The van der Waals surface area contributed by atoms with Crippen molar-refractivity contribution >= 4 is 29.9 Å². The van der Waals surface area contributed by atoms with Crippen molar-refractivity contribution in [1.82, 2.24) is 25.4 Å². The van der Waals surface area contributed by atoms with E-state index in [0.717, 1.165) is 56.6 Å². The Morgan fingerprint density at radius 1 is 1.31 bits per heavy atom. The molecule has 0 aromatic carbocycles. The summed E-state index contributed by atoms with van der Waals surface area (Å²) in [6, 6.07) is 0.820. The fraction of sp³-hybridized carbons (Fsp3) is 0.857. The standard InChI is InChI=1S/C21H36N6O.HI/c1-5-22-20(24-16-12-17(28-6-2)21(16)10-7-11-21)23-15-8-9-18-25-19(14(3)4)26-27(18)13-15;/h14-17H,5-13H2,1-4H3,(H2,22,23,24);1H. The molecular formula is C21H37IN6O. The number of aryl methyl sites for hydroxylation is 1. The fourth-order valence-corrected chi connectivity index (χ4v) is 4.98. The first-order valence-corrected chi connectivity index (χ1v) is 11.2. The lowest BCUT2D eigenvalue weighted by Gasteiger charge is -2.61. The Hall–Kier alpha value is -0.900. The van der Waals surface area contributed by atoms with Crippen molar-refractivity contribution in [2.24, 2.45) is 10.4 Å². The molecule has 2 aliphatic carbocycles. The van der Waals surface area contributed by atoms with Gasteiger partial charge in [0.05, 0.1) is 12.6 Å². The Labute approximate surface area is 191 Å². The Balaban J connectivity index is 0.00000240. The van der Waals surface area contributed by atoms with E-state index >= 15 is 0 Å². The van der Waals surface area contributed by atoms with Gasteiger partial charge < -0.3 is 15.4 Å². The van der Waals surface area contributed by atoms with Gasteiger partial charge in [0.15, 0.2) is 11.8 Å². The van der Waals surface area contributed by atoms with Crippen LogP contribution in [0.1, 0.15) is 77.4 Å². The van der Waals surface area contributed by atoms with Crippen molar-refractivity contribution in [2.75, 3.05) is 13.2 Å². The molecule has 0 bridgehead atoms. The van der Waals surface area contributed by atoms with Gasteiger partial charge in [-0.05, 0) is 39.5 Å². The molecule has 4 rings (SSSR count). The van der Waals surface area contributed by atoms with Crippen molar-refractivity contribution in [3.8, 4) is 0 Å². The summed E-state index contributed by atoms with van der Waals surface area (Å²) in [6.07, 6.45) is 7.43. The molecule has 0 radical (unpaired) electrons. The molecule has 3 atom stereocenters. The van der Waals surface area contributed by atoms with Crippen LogP contribution in [0.15, 0.2) is 4.99 Å². The number of hydrogen-bond donors (Lipinski definition) is 2. The average Bonchev–Trinajstić information content (AvgIpc) is 3.03. The van der Waals surface area contributed by atoms with Crippen LogP contribution < -0.4 is 10.6 Å². The normalized spacial score (nSPS) is 27.6. The Morgan fingerprint density at radius 2 is 2.10 bits per heavy atom.